The zero-order chi connectivity index (χ0) is 14.4. The Hall–Kier alpha value is -1.06. The fourth-order valence-corrected chi connectivity index (χ4v) is 2.12. The average molecular weight is 283 g/mol. The van der Waals surface area contributed by atoms with Crippen LogP contribution in [0, 0.1) is 5.92 Å². The molecule has 0 aliphatic heterocycles. The molecule has 106 valence electrons. The van der Waals surface area contributed by atoms with Crippen LogP contribution in [0.15, 0.2) is 24.3 Å². The van der Waals surface area contributed by atoms with Crippen molar-refractivity contribution in [2.75, 3.05) is 0 Å². The van der Waals surface area contributed by atoms with Gasteiger partial charge in [-0.2, -0.15) is 0 Å². The second kappa shape index (κ2) is 7.51. The molecule has 3 N–H and O–H groups in total. The zero-order valence-corrected chi connectivity index (χ0v) is 12.6. The van der Waals surface area contributed by atoms with Crippen molar-refractivity contribution < 1.29 is 4.79 Å². The zero-order valence-electron chi connectivity index (χ0n) is 11.8. The Morgan fingerprint density at radius 1 is 1.37 bits per heavy atom. The number of nitrogens with two attached hydrogens (primary N) is 1. The first-order valence-electron chi connectivity index (χ1n) is 6.81. The quantitative estimate of drug-likeness (QED) is 0.841. The van der Waals surface area contributed by atoms with Gasteiger partial charge in [0.1, 0.15) is 0 Å². The van der Waals surface area contributed by atoms with Crippen molar-refractivity contribution in [1.82, 2.24) is 5.32 Å². The summed E-state index contributed by atoms with van der Waals surface area (Å²) in [4.78, 5) is 12.1. The molecule has 1 amide bonds. The van der Waals surface area contributed by atoms with Gasteiger partial charge in [0.05, 0.1) is 12.1 Å². The summed E-state index contributed by atoms with van der Waals surface area (Å²) in [6.07, 6.45) is 1.70. The lowest BCUT2D eigenvalue weighted by Gasteiger charge is -2.23. The van der Waals surface area contributed by atoms with Gasteiger partial charge in [0, 0.05) is 5.02 Å². The van der Waals surface area contributed by atoms with Gasteiger partial charge in [0.2, 0.25) is 5.91 Å². The molecular weight excluding hydrogens is 260 g/mol. The highest BCUT2D eigenvalue weighted by atomic mass is 35.5. The number of halogens is 1. The van der Waals surface area contributed by atoms with E-state index in [-0.39, 0.29) is 17.9 Å². The maximum atomic E-state index is 12.1. The van der Waals surface area contributed by atoms with E-state index in [1.807, 2.05) is 45.0 Å². The Morgan fingerprint density at radius 3 is 2.58 bits per heavy atom. The molecule has 0 aliphatic rings. The van der Waals surface area contributed by atoms with Gasteiger partial charge < -0.3 is 11.1 Å². The van der Waals surface area contributed by atoms with E-state index in [9.17, 15) is 4.79 Å². The Kier molecular flexibility index (Phi) is 6.32. The minimum Gasteiger partial charge on any atom is -0.348 e. The fourth-order valence-electron chi connectivity index (χ4n) is 1.92. The number of rotatable bonds is 6. The van der Waals surface area contributed by atoms with Crippen LogP contribution >= 0.6 is 11.6 Å². The highest BCUT2D eigenvalue weighted by Gasteiger charge is 2.22. The topological polar surface area (TPSA) is 55.1 Å². The first-order chi connectivity index (χ1) is 8.99. The molecule has 1 rings (SSSR count). The van der Waals surface area contributed by atoms with E-state index < -0.39 is 6.04 Å². The number of hydrogen-bond acceptors (Lipinski definition) is 2. The molecule has 4 heteroatoms. The van der Waals surface area contributed by atoms with Crippen LogP contribution in [-0.4, -0.2) is 11.9 Å². The minimum absolute atomic E-state index is 0.0405. The van der Waals surface area contributed by atoms with E-state index in [4.69, 9.17) is 17.3 Å². The van der Waals surface area contributed by atoms with Crippen LogP contribution in [0.1, 0.15) is 45.2 Å². The van der Waals surface area contributed by atoms with E-state index in [1.54, 1.807) is 0 Å². The molecule has 2 unspecified atom stereocenters. The van der Waals surface area contributed by atoms with Crippen LogP contribution in [0.2, 0.25) is 5.02 Å². The van der Waals surface area contributed by atoms with Crippen molar-refractivity contribution in [3.05, 3.63) is 34.9 Å². The smallest absolute Gasteiger partial charge is 0.237 e. The molecule has 19 heavy (non-hydrogen) atoms. The standard InChI is InChI=1S/C15H23ClN2O/c1-4-10(3)14(17)15(19)18-13(5-2)11-7-6-8-12(16)9-11/h6-10,13-14H,4-5,17H2,1-3H3,(H,18,19)/t10?,13?,14-/m0/s1. The molecule has 0 saturated carbocycles. The number of amides is 1. The normalized spacial score (nSPS) is 15.6. The Bertz CT molecular complexity index is 422. The van der Waals surface area contributed by atoms with Crippen molar-refractivity contribution >= 4 is 17.5 Å². The number of carbonyl (C=O) groups is 1. The van der Waals surface area contributed by atoms with Gasteiger partial charge in [-0.1, -0.05) is 50.9 Å². The minimum atomic E-state index is -0.460. The molecule has 0 heterocycles. The third-order valence-electron chi connectivity index (χ3n) is 3.54. The molecule has 1 aromatic carbocycles. The Balaban J connectivity index is 2.75. The predicted octanol–water partition coefficient (Wildman–Crippen LogP) is 3.28. The summed E-state index contributed by atoms with van der Waals surface area (Å²) in [7, 11) is 0. The maximum absolute atomic E-state index is 12.1. The van der Waals surface area contributed by atoms with Gasteiger partial charge >= 0.3 is 0 Å². The molecule has 0 aliphatic carbocycles. The molecule has 0 aromatic heterocycles. The van der Waals surface area contributed by atoms with Crippen LogP contribution in [0.4, 0.5) is 0 Å². The Labute approximate surface area is 120 Å². The number of carbonyl (C=O) groups excluding carboxylic acids is 1. The average Bonchev–Trinajstić information content (AvgIpc) is 2.42. The lowest BCUT2D eigenvalue weighted by atomic mass is 9.98. The Morgan fingerprint density at radius 2 is 2.05 bits per heavy atom. The van der Waals surface area contributed by atoms with Crippen LogP contribution < -0.4 is 11.1 Å². The molecule has 3 atom stereocenters. The van der Waals surface area contributed by atoms with E-state index in [0.29, 0.717) is 5.02 Å². The van der Waals surface area contributed by atoms with Gasteiger partial charge in [0.15, 0.2) is 0 Å². The van der Waals surface area contributed by atoms with E-state index in [2.05, 4.69) is 5.32 Å². The van der Waals surface area contributed by atoms with E-state index in [1.165, 1.54) is 0 Å². The molecule has 0 radical (unpaired) electrons. The molecule has 3 nitrogen and oxygen atoms in total. The number of nitrogens with one attached hydrogen (secondary N) is 1. The summed E-state index contributed by atoms with van der Waals surface area (Å²) in [5, 5.41) is 3.68. The monoisotopic (exact) mass is 282 g/mol. The van der Waals surface area contributed by atoms with Gasteiger partial charge in [-0.25, -0.2) is 0 Å². The predicted molar refractivity (Wildman–Crippen MR) is 80.1 cm³/mol. The van der Waals surface area contributed by atoms with E-state index in [0.717, 1.165) is 18.4 Å². The van der Waals surface area contributed by atoms with Crippen LogP contribution in [-0.2, 0) is 4.79 Å². The van der Waals surface area contributed by atoms with Gasteiger partial charge in [-0.15, -0.1) is 0 Å². The summed E-state index contributed by atoms with van der Waals surface area (Å²) >= 11 is 5.98. The fraction of sp³-hybridized carbons (Fsp3) is 0.533. The van der Waals surface area contributed by atoms with Gasteiger partial charge in [-0.3, -0.25) is 4.79 Å². The van der Waals surface area contributed by atoms with Crippen molar-refractivity contribution in [2.24, 2.45) is 11.7 Å². The highest BCUT2D eigenvalue weighted by molar-refractivity contribution is 6.30. The molecular formula is C15H23ClN2O. The lowest BCUT2D eigenvalue weighted by Crippen LogP contribution is -2.45. The number of benzene rings is 1. The molecule has 0 bridgehead atoms. The summed E-state index contributed by atoms with van der Waals surface area (Å²) in [6, 6.07) is 7.06. The SMILES string of the molecule is CCC(NC(=O)[C@@H](N)C(C)CC)c1cccc(Cl)c1. The van der Waals surface area contributed by atoms with Crippen molar-refractivity contribution in [3.63, 3.8) is 0 Å². The first kappa shape index (κ1) is 16.0. The maximum Gasteiger partial charge on any atom is 0.237 e. The number of hydrogen-bond donors (Lipinski definition) is 2. The van der Waals surface area contributed by atoms with Crippen LogP contribution in [0.25, 0.3) is 0 Å². The third-order valence-corrected chi connectivity index (χ3v) is 3.77. The molecule has 1 aromatic rings. The highest BCUT2D eigenvalue weighted by Crippen LogP contribution is 2.20. The van der Waals surface area contributed by atoms with Gasteiger partial charge in [-0.05, 0) is 30.0 Å². The lowest BCUT2D eigenvalue weighted by molar-refractivity contribution is -0.124. The third kappa shape index (κ3) is 4.51. The van der Waals surface area contributed by atoms with Crippen LogP contribution in [0.5, 0.6) is 0 Å². The van der Waals surface area contributed by atoms with Crippen molar-refractivity contribution in [3.8, 4) is 0 Å². The first-order valence-corrected chi connectivity index (χ1v) is 7.18. The van der Waals surface area contributed by atoms with E-state index >= 15 is 0 Å². The molecule has 0 spiro atoms. The summed E-state index contributed by atoms with van der Waals surface area (Å²) in [6.45, 7) is 6.05. The molecule has 0 fully saturated rings. The summed E-state index contributed by atoms with van der Waals surface area (Å²) in [5.41, 5.74) is 6.96. The van der Waals surface area contributed by atoms with Crippen molar-refractivity contribution in [1.29, 1.82) is 0 Å². The second-order valence-electron chi connectivity index (χ2n) is 4.94. The summed E-state index contributed by atoms with van der Waals surface area (Å²) < 4.78 is 0. The largest absolute Gasteiger partial charge is 0.348 e. The van der Waals surface area contributed by atoms with Crippen molar-refractivity contribution in [2.45, 2.75) is 45.7 Å². The summed E-state index contributed by atoms with van der Waals surface area (Å²) in [5.74, 6) is 0.0815. The van der Waals surface area contributed by atoms with Crippen LogP contribution in [0.3, 0.4) is 0 Å². The van der Waals surface area contributed by atoms with Gasteiger partial charge in [0.25, 0.3) is 0 Å². The molecule has 0 saturated heterocycles. The second-order valence-corrected chi connectivity index (χ2v) is 5.37.